The zero-order chi connectivity index (χ0) is 22.5. The number of hydrogen-bond acceptors (Lipinski definition) is 4. The second-order valence-corrected chi connectivity index (χ2v) is 10.5. The van der Waals surface area contributed by atoms with Crippen LogP contribution in [-0.2, 0) is 15.4 Å². The van der Waals surface area contributed by atoms with Gasteiger partial charge in [-0.2, -0.15) is 0 Å². The van der Waals surface area contributed by atoms with Gasteiger partial charge in [-0.1, -0.05) is 85.1 Å². The van der Waals surface area contributed by atoms with E-state index in [-0.39, 0.29) is 23.5 Å². The minimum absolute atomic E-state index is 0.0106. The van der Waals surface area contributed by atoms with E-state index < -0.39 is 10.0 Å². The third-order valence-corrected chi connectivity index (χ3v) is 7.06. The Morgan fingerprint density at radius 1 is 0.967 bits per heavy atom. The average molecular weight is 442 g/mol. The molecule has 0 heterocycles. The lowest BCUT2D eigenvalue weighted by molar-refractivity contribution is 0.294. The van der Waals surface area contributed by atoms with Gasteiger partial charge in [0.2, 0.25) is 10.0 Å². The second kappa shape index (κ2) is 14.0. The average Bonchev–Trinajstić information content (AvgIpc) is 2.71. The maximum Gasteiger partial charge on any atom is 0.244 e. The van der Waals surface area contributed by atoms with Gasteiger partial charge in [0.1, 0.15) is 10.6 Å². The highest BCUT2D eigenvalue weighted by molar-refractivity contribution is 7.89. The molecule has 0 radical (unpaired) electrons. The van der Waals surface area contributed by atoms with Crippen LogP contribution in [0.25, 0.3) is 0 Å². The number of benzene rings is 1. The van der Waals surface area contributed by atoms with E-state index in [4.69, 9.17) is 9.84 Å². The van der Waals surface area contributed by atoms with Gasteiger partial charge in [-0.25, -0.2) is 13.1 Å². The van der Waals surface area contributed by atoms with E-state index in [1.165, 1.54) is 32.1 Å². The number of aliphatic hydroxyl groups is 1. The number of hydrogen-bond donors (Lipinski definition) is 2. The van der Waals surface area contributed by atoms with Crippen molar-refractivity contribution in [3.8, 4) is 5.75 Å². The Hall–Kier alpha value is -1.11. The van der Waals surface area contributed by atoms with E-state index >= 15 is 0 Å². The summed E-state index contributed by atoms with van der Waals surface area (Å²) in [5.41, 5.74) is 0.878. The van der Waals surface area contributed by atoms with Crippen molar-refractivity contribution in [2.45, 2.75) is 102 Å². The molecule has 0 saturated heterocycles. The lowest BCUT2D eigenvalue weighted by Gasteiger charge is -2.26. The molecular weight excluding hydrogens is 398 g/mol. The van der Waals surface area contributed by atoms with Gasteiger partial charge in [0.05, 0.1) is 13.2 Å². The summed E-state index contributed by atoms with van der Waals surface area (Å²) >= 11 is 0. The Bertz CT molecular complexity index is 701. The van der Waals surface area contributed by atoms with Crippen LogP contribution in [0, 0.1) is 0 Å². The smallest absolute Gasteiger partial charge is 0.244 e. The van der Waals surface area contributed by atoms with Crippen molar-refractivity contribution < 1.29 is 18.3 Å². The van der Waals surface area contributed by atoms with Crippen LogP contribution in [0.1, 0.15) is 97.5 Å². The summed E-state index contributed by atoms with van der Waals surface area (Å²) in [6.07, 6.45) is 11.4. The lowest BCUT2D eigenvalue weighted by atomic mass is 9.80. The Morgan fingerprint density at radius 2 is 1.60 bits per heavy atom. The zero-order valence-corrected chi connectivity index (χ0v) is 20.3. The first-order chi connectivity index (χ1) is 14.3. The first-order valence-electron chi connectivity index (χ1n) is 11.7. The van der Waals surface area contributed by atoms with Crippen molar-refractivity contribution in [3.63, 3.8) is 0 Å². The molecule has 0 aliphatic heterocycles. The van der Waals surface area contributed by atoms with E-state index in [1.54, 1.807) is 12.1 Å². The summed E-state index contributed by atoms with van der Waals surface area (Å²) in [6.45, 7) is 8.95. The van der Waals surface area contributed by atoms with Gasteiger partial charge in [0, 0.05) is 6.54 Å². The topological polar surface area (TPSA) is 75.6 Å². The fourth-order valence-corrected chi connectivity index (χ4v) is 4.73. The lowest BCUT2D eigenvalue weighted by Crippen LogP contribution is -2.28. The van der Waals surface area contributed by atoms with E-state index in [0.717, 1.165) is 37.7 Å². The number of nitrogens with one attached hydrogen (secondary N) is 1. The predicted molar refractivity (Wildman–Crippen MR) is 125 cm³/mol. The van der Waals surface area contributed by atoms with E-state index in [1.807, 2.05) is 6.07 Å². The van der Waals surface area contributed by atoms with Crippen molar-refractivity contribution in [2.24, 2.45) is 0 Å². The number of aliphatic hydroxyl groups excluding tert-OH is 1. The molecule has 6 heteroatoms. The van der Waals surface area contributed by atoms with Crippen molar-refractivity contribution in [3.05, 3.63) is 23.8 Å². The minimum atomic E-state index is -3.75. The molecule has 0 fully saturated rings. The number of sulfonamides is 1. The summed E-state index contributed by atoms with van der Waals surface area (Å²) in [5.74, 6) is 0.391. The first kappa shape index (κ1) is 26.9. The van der Waals surface area contributed by atoms with Crippen molar-refractivity contribution in [1.29, 1.82) is 0 Å². The third-order valence-electron chi connectivity index (χ3n) is 5.58. The molecule has 1 aromatic carbocycles. The molecule has 0 atom stereocenters. The van der Waals surface area contributed by atoms with Crippen LogP contribution in [0.15, 0.2) is 23.1 Å². The van der Waals surface area contributed by atoms with Crippen LogP contribution < -0.4 is 9.46 Å². The highest BCUT2D eigenvalue weighted by Crippen LogP contribution is 2.34. The molecule has 0 bridgehead atoms. The largest absolute Gasteiger partial charge is 0.492 e. The quantitative estimate of drug-likeness (QED) is 0.311. The van der Waals surface area contributed by atoms with Crippen LogP contribution in [0.2, 0.25) is 0 Å². The summed E-state index contributed by atoms with van der Waals surface area (Å²) in [6, 6.07) is 5.54. The molecule has 0 unspecified atom stereocenters. The third kappa shape index (κ3) is 9.36. The predicted octanol–water partition coefficient (Wildman–Crippen LogP) is 5.55. The van der Waals surface area contributed by atoms with Gasteiger partial charge in [-0.15, -0.1) is 0 Å². The van der Waals surface area contributed by atoms with Gasteiger partial charge in [-0.3, -0.25) is 0 Å². The van der Waals surface area contributed by atoms with Crippen LogP contribution >= 0.6 is 0 Å². The maximum absolute atomic E-state index is 12.9. The molecular formula is C24H43NO4S. The van der Waals surface area contributed by atoms with Gasteiger partial charge < -0.3 is 9.84 Å². The van der Waals surface area contributed by atoms with Crippen LogP contribution in [0.4, 0.5) is 0 Å². The molecule has 0 aliphatic carbocycles. The van der Waals surface area contributed by atoms with Crippen LogP contribution in [0.3, 0.4) is 0 Å². The Labute approximate surface area is 184 Å². The Balaban J connectivity index is 2.96. The minimum Gasteiger partial charge on any atom is -0.492 e. The number of unbranched alkanes of at least 4 members (excludes halogenated alkanes) is 7. The fraction of sp³-hybridized carbons (Fsp3) is 0.750. The number of rotatable bonds is 17. The summed E-state index contributed by atoms with van der Waals surface area (Å²) < 4.78 is 34.1. The molecule has 0 aliphatic rings. The van der Waals surface area contributed by atoms with Crippen molar-refractivity contribution >= 4 is 10.0 Å². The van der Waals surface area contributed by atoms with E-state index in [9.17, 15) is 8.42 Å². The molecule has 174 valence electrons. The van der Waals surface area contributed by atoms with Crippen LogP contribution in [0.5, 0.6) is 5.75 Å². The molecule has 0 amide bonds. The van der Waals surface area contributed by atoms with E-state index in [0.29, 0.717) is 12.4 Å². The first-order valence-corrected chi connectivity index (χ1v) is 13.1. The molecule has 5 nitrogen and oxygen atoms in total. The molecule has 0 aromatic heterocycles. The van der Waals surface area contributed by atoms with Crippen molar-refractivity contribution in [2.75, 3.05) is 19.8 Å². The molecule has 30 heavy (non-hydrogen) atoms. The van der Waals surface area contributed by atoms with Crippen LogP contribution in [-0.4, -0.2) is 33.3 Å². The van der Waals surface area contributed by atoms with E-state index in [2.05, 4.69) is 32.4 Å². The fourth-order valence-electron chi connectivity index (χ4n) is 3.54. The van der Waals surface area contributed by atoms with Gasteiger partial charge >= 0.3 is 0 Å². The highest BCUT2D eigenvalue weighted by Gasteiger charge is 2.26. The standard InChI is InChI=1S/C24H43NO4S/c1-5-7-9-10-11-13-19-29-22-15-14-21(24(3,4)16-12-8-6-2)20-23(22)30(27,28)25-17-18-26/h14-15,20,25-26H,5-13,16-19H2,1-4H3. The second-order valence-electron chi connectivity index (χ2n) is 8.74. The summed E-state index contributed by atoms with van der Waals surface area (Å²) in [7, 11) is -3.75. The molecule has 0 saturated carbocycles. The normalized spacial score (nSPS) is 12.3. The van der Waals surface area contributed by atoms with Gasteiger partial charge in [0.25, 0.3) is 0 Å². The summed E-state index contributed by atoms with van der Waals surface area (Å²) in [5, 5.41) is 9.05. The molecule has 1 aromatic rings. The molecule has 1 rings (SSSR count). The SMILES string of the molecule is CCCCCCCCOc1ccc(C(C)(C)CCCCC)cc1S(=O)(=O)NCCO. The zero-order valence-electron chi connectivity index (χ0n) is 19.5. The Kier molecular flexibility index (Phi) is 12.6. The van der Waals surface area contributed by atoms with Crippen molar-refractivity contribution in [1.82, 2.24) is 4.72 Å². The Morgan fingerprint density at radius 3 is 2.27 bits per heavy atom. The van der Waals surface area contributed by atoms with Gasteiger partial charge in [-0.05, 0) is 36.0 Å². The number of ether oxygens (including phenoxy) is 1. The molecule has 2 N–H and O–H groups in total. The summed E-state index contributed by atoms with van der Waals surface area (Å²) in [4.78, 5) is 0.169. The highest BCUT2D eigenvalue weighted by atomic mass is 32.2. The monoisotopic (exact) mass is 441 g/mol. The van der Waals surface area contributed by atoms with Gasteiger partial charge in [0.15, 0.2) is 0 Å². The maximum atomic E-state index is 12.9. The molecule has 0 spiro atoms.